The second kappa shape index (κ2) is 6.54. The van der Waals surface area contributed by atoms with Crippen LogP contribution in [0.4, 0.5) is 0 Å². The number of nitrogens with two attached hydrogens (primary N) is 1. The number of aryl methyl sites for hydroxylation is 2. The van der Waals surface area contributed by atoms with Crippen LogP contribution in [-0.2, 0) is 23.8 Å². The van der Waals surface area contributed by atoms with Gasteiger partial charge in [0.05, 0.1) is 6.20 Å². The molecule has 1 aromatic carbocycles. The summed E-state index contributed by atoms with van der Waals surface area (Å²) in [4.78, 5) is 12.2. The molecule has 5 heteroatoms. The standard InChI is InChI=1S/C16H22N4O/c1-16(17,14-8-4-3-5-9-14)15(21)18-10-6-7-13-11-19-20(2)12-13/h3-5,8-9,11-12H,6-7,10,17H2,1-2H3,(H,18,21). The molecule has 0 aliphatic carbocycles. The SMILES string of the molecule is Cn1cc(CCCNC(=O)C(C)(N)c2ccccc2)cn1. The summed E-state index contributed by atoms with van der Waals surface area (Å²) in [5.74, 6) is -0.153. The number of nitrogens with zero attached hydrogens (tertiary/aromatic N) is 2. The smallest absolute Gasteiger partial charge is 0.244 e. The van der Waals surface area contributed by atoms with Crippen molar-refractivity contribution < 1.29 is 4.79 Å². The quantitative estimate of drug-likeness (QED) is 0.787. The van der Waals surface area contributed by atoms with Gasteiger partial charge < -0.3 is 11.1 Å². The van der Waals surface area contributed by atoms with Crippen molar-refractivity contribution in [3.05, 3.63) is 53.9 Å². The Balaban J connectivity index is 1.81. The second-order valence-corrected chi connectivity index (χ2v) is 5.45. The van der Waals surface area contributed by atoms with Crippen LogP contribution in [0.25, 0.3) is 0 Å². The zero-order valence-electron chi connectivity index (χ0n) is 12.5. The lowest BCUT2D eigenvalue weighted by Crippen LogP contribution is -2.49. The van der Waals surface area contributed by atoms with Gasteiger partial charge in [-0.1, -0.05) is 30.3 Å². The molecule has 1 aromatic heterocycles. The van der Waals surface area contributed by atoms with Gasteiger partial charge in [-0.15, -0.1) is 0 Å². The molecule has 3 N–H and O–H groups in total. The molecule has 1 unspecified atom stereocenters. The Kier molecular flexibility index (Phi) is 4.75. The summed E-state index contributed by atoms with van der Waals surface area (Å²) in [6, 6.07) is 9.42. The van der Waals surface area contributed by atoms with Gasteiger partial charge in [-0.2, -0.15) is 5.10 Å². The fraction of sp³-hybridized carbons (Fsp3) is 0.375. The van der Waals surface area contributed by atoms with Crippen molar-refractivity contribution in [3.8, 4) is 0 Å². The highest BCUT2D eigenvalue weighted by molar-refractivity contribution is 5.86. The monoisotopic (exact) mass is 286 g/mol. The number of rotatable bonds is 6. The van der Waals surface area contributed by atoms with E-state index in [0.717, 1.165) is 18.4 Å². The van der Waals surface area contributed by atoms with Crippen LogP contribution in [-0.4, -0.2) is 22.2 Å². The van der Waals surface area contributed by atoms with E-state index in [0.29, 0.717) is 6.54 Å². The average molecular weight is 286 g/mol. The molecule has 0 saturated heterocycles. The summed E-state index contributed by atoms with van der Waals surface area (Å²) in [6.07, 6.45) is 5.58. The molecule has 5 nitrogen and oxygen atoms in total. The van der Waals surface area contributed by atoms with E-state index >= 15 is 0 Å². The predicted octanol–water partition coefficient (Wildman–Crippen LogP) is 1.34. The number of nitrogens with one attached hydrogen (secondary N) is 1. The van der Waals surface area contributed by atoms with E-state index in [9.17, 15) is 4.79 Å². The summed E-state index contributed by atoms with van der Waals surface area (Å²) >= 11 is 0. The first-order chi connectivity index (χ1) is 10.00. The molecule has 0 radical (unpaired) electrons. The van der Waals surface area contributed by atoms with Gasteiger partial charge in [0.15, 0.2) is 0 Å². The zero-order valence-corrected chi connectivity index (χ0v) is 12.5. The maximum absolute atomic E-state index is 12.2. The topological polar surface area (TPSA) is 72.9 Å². The lowest BCUT2D eigenvalue weighted by atomic mass is 9.92. The van der Waals surface area contributed by atoms with Crippen molar-refractivity contribution in [2.75, 3.05) is 6.54 Å². The molecule has 0 bridgehead atoms. The number of benzene rings is 1. The lowest BCUT2D eigenvalue weighted by Gasteiger charge is -2.24. The minimum absolute atomic E-state index is 0.153. The largest absolute Gasteiger partial charge is 0.354 e. The van der Waals surface area contributed by atoms with Crippen molar-refractivity contribution in [2.24, 2.45) is 12.8 Å². The van der Waals surface area contributed by atoms with Gasteiger partial charge in [-0.25, -0.2) is 0 Å². The van der Waals surface area contributed by atoms with E-state index < -0.39 is 5.54 Å². The zero-order chi connectivity index (χ0) is 15.3. The molecule has 2 aromatic rings. The summed E-state index contributed by atoms with van der Waals surface area (Å²) < 4.78 is 1.78. The third kappa shape index (κ3) is 3.92. The third-order valence-corrected chi connectivity index (χ3v) is 3.53. The first kappa shape index (κ1) is 15.3. The Morgan fingerprint density at radius 3 is 2.71 bits per heavy atom. The van der Waals surface area contributed by atoms with E-state index in [-0.39, 0.29) is 5.91 Å². The summed E-state index contributed by atoms with van der Waals surface area (Å²) in [7, 11) is 1.89. The van der Waals surface area contributed by atoms with E-state index in [1.807, 2.05) is 49.8 Å². The van der Waals surface area contributed by atoms with E-state index in [4.69, 9.17) is 5.73 Å². The van der Waals surface area contributed by atoms with Crippen molar-refractivity contribution in [3.63, 3.8) is 0 Å². The minimum Gasteiger partial charge on any atom is -0.354 e. The van der Waals surface area contributed by atoms with Gasteiger partial charge in [0, 0.05) is 19.8 Å². The van der Waals surface area contributed by atoms with Crippen molar-refractivity contribution in [2.45, 2.75) is 25.3 Å². The molecule has 21 heavy (non-hydrogen) atoms. The van der Waals surface area contributed by atoms with Crippen molar-refractivity contribution >= 4 is 5.91 Å². The molecule has 2 rings (SSSR count). The number of aromatic nitrogens is 2. The molecular formula is C16H22N4O. The number of hydrogen-bond acceptors (Lipinski definition) is 3. The van der Waals surface area contributed by atoms with Gasteiger partial charge in [-0.05, 0) is 30.9 Å². The average Bonchev–Trinajstić information content (AvgIpc) is 2.90. The Bertz CT molecular complexity index is 589. The second-order valence-electron chi connectivity index (χ2n) is 5.45. The van der Waals surface area contributed by atoms with Crippen LogP contribution in [0, 0.1) is 0 Å². The first-order valence-electron chi connectivity index (χ1n) is 7.10. The fourth-order valence-electron chi connectivity index (χ4n) is 2.19. The molecule has 1 heterocycles. The van der Waals surface area contributed by atoms with Crippen molar-refractivity contribution in [1.29, 1.82) is 0 Å². The highest BCUT2D eigenvalue weighted by atomic mass is 16.2. The van der Waals surface area contributed by atoms with Crippen LogP contribution in [0.15, 0.2) is 42.7 Å². The lowest BCUT2D eigenvalue weighted by molar-refractivity contribution is -0.126. The highest BCUT2D eigenvalue weighted by Crippen LogP contribution is 2.17. The van der Waals surface area contributed by atoms with Crippen LogP contribution in [0.1, 0.15) is 24.5 Å². The molecular weight excluding hydrogens is 264 g/mol. The van der Waals surface area contributed by atoms with E-state index in [1.54, 1.807) is 11.6 Å². The Morgan fingerprint density at radius 1 is 1.38 bits per heavy atom. The molecule has 0 saturated carbocycles. The fourth-order valence-corrected chi connectivity index (χ4v) is 2.19. The molecule has 0 aliphatic heterocycles. The normalized spacial score (nSPS) is 13.7. The Labute approximate surface area is 125 Å². The van der Waals surface area contributed by atoms with Crippen LogP contribution < -0.4 is 11.1 Å². The van der Waals surface area contributed by atoms with E-state index in [2.05, 4.69) is 10.4 Å². The molecule has 0 fully saturated rings. The van der Waals surface area contributed by atoms with Crippen LogP contribution in [0.3, 0.4) is 0 Å². The molecule has 0 aliphatic rings. The molecule has 1 amide bonds. The van der Waals surface area contributed by atoms with Gasteiger partial charge in [-0.3, -0.25) is 9.48 Å². The van der Waals surface area contributed by atoms with E-state index in [1.165, 1.54) is 5.56 Å². The van der Waals surface area contributed by atoms with Gasteiger partial charge in [0.1, 0.15) is 5.54 Å². The first-order valence-corrected chi connectivity index (χ1v) is 7.10. The summed E-state index contributed by atoms with van der Waals surface area (Å²) in [5.41, 5.74) is 7.13. The Morgan fingerprint density at radius 2 is 2.10 bits per heavy atom. The minimum atomic E-state index is -1.00. The molecule has 1 atom stereocenters. The molecule has 0 spiro atoms. The Hall–Kier alpha value is -2.14. The summed E-state index contributed by atoms with van der Waals surface area (Å²) in [5, 5.41) is 7.03. The maximum Gasteiger partial charge on any atom is 0.244 e. The van der Waals surface area contributed by atoms with Gasteiger partial charge in [0.2, 0.25) is 5.91 Å². The van der Waals surface area contributed by atoms with Gasteiger partial charge >= 0.3 is 0 Å². The van der Waals surface area contributed by atoms with Crippen LogP contribution >= 0.6 is 0 Å². The molecule has 112 valence electrons. The predicted molar refractivity (Wildman–Crippen MR) is 82.5 cm³/mol. The number of amides is 1. The van der Waals surface area contributed by atoms with Crippen LogP contribution in [0.2, 0.25) is 0 Å². The van der Waals surface area contributed by atoms with Crippen LogP contribution in [0.5, 0.6) is 0 Å². The summed E-state index contributed by atoms with van der Waals surface area (Å²) in [6.45, 7) is 2.34. The number of carbonyl (C=O) groups excluding carboxylic acids is 1. The number of hydrogen-bond donors (Lipinski definition) is 2. The number of carbonyl (C=O) groups is 1. The van der Waals surface area contributed by atoms with Gasteiger partial charge in [0.25, 0.3) is 0 Å². The highest BCUT2D eigenvalue weighted by Gasteiger charge is 2.29. The maximum atomic E-state index is 12.2. The third-order valence-electron chi connectivity index (χ3n) is 3.53. The van der Waals surface area contributed by atoms with Crippen molar-refractivity contribution in [1.82, 2.24) is 15.1 Å².